The molecule has 0 saturated carbocycles. The minimum atomic E-state index is -1.71. The molecule has 0 bridgehead atoms. The second-order valence-electron chi connectivity index (χ2n) is 12.1. The third kappa shape index (κ3) is 14.7. The summed E-state index contributed by atoms with van der Waals surface area (Å²) in [6.07, 6.45) is -7.10. The summed E-state index contributed by atoms with van der Waals surface area (Å²) in [6, 6.07) is -1.36. The van der Waals surface area contributed by atoms with E-state index in [1.165, 1.54) is 6.92 Å². The van der Waals surface area contributed by atoms with Gasteiger partial charge in [0.25, 0.3) is 0 Å². The average Bonchev–Trinajstić information content (AvgIpc) is 3.04. The summed E-state index contributed by atoms with van der Waals surface area (Å²) in [5, 5.41) is 73.1. The van der Waals surface area contributed by atoms with Gasteiger partial charge in [-0.15, -0.1) is 0 Å². The number of hydrogen-bond donors (Lipinski definition) is 8. The van der Waals surface area contributed by atoms with Gasteiger partial charge in [-0.25, -0.2) is 4.79 Å². The fourth-order valence-electron chi connectivity index (χ4n) is 5.38. The van der Waals surface area contributed by atoms with E-state index >= 15 is 0 Å². The Labute approximate surface area is 281 Å². The lowest BCUT2D eigenvalue weighted by molar-refractivity contribution is -0.337. The molecule has 0 aliphatic carbocycles. The summed E-state index contributed by atoms with van der Waals surface area (Å²) in [6.45, 7) is 4.55. The molecular formula is C31H57NO16. The van der Waals surface area contributed by atoms with Crippen molar-refractivity contribution in [2.45, 2.75) is 120 Å². The van der Waals surface area contributed by atoms with Crippen LogP contribution in [0.4, 0.5) is 0 Å². The molecule has 1 amide bonds. The van der Waals surface area contributed by atoms with Crippen molar-refractivity contribution >= 4 is 11.9 Å². The molecule has 2 rings (SSSR count). The normalized spacial score (nSPS) is 31.4. The molecule has 5 unspecified atom stereocenters. The SMILES string of the molecule is CC(=O)NC1[C@H](O)OC(CO)[C@@H](O)[C@@H]1O[C@@H]1OC(C(=O)O)[C@@H](C)[C@H](O)C1OCC(O)COCCCCOCCCOCCCCCCO. The molecule has 0 aromatic heterocycles. The van der Waals surface area contributed by atoms with Crippen LogP contribution in [0.5, 0.6) is 0 Å². The van der Waals surface area contributed by atoms with Crippen LogP contribution in [0.1, 0.15) is 58.8 Å². The minimum Gasteiger partial charge on any atom is -0.479 e. The second kappa shape index (κ2) is 23.8. The maximum absolute atomic E-state index is 11.9. The molecule has 0 spiro atoms. The Bertz CT molecular complexity index is 885. The van der Waals surface area contributed by atoms with Gasteiger partial charge in [-0.1, -0.05) is 19.8 Å². The lowest BCUT2D eigenvalue weighted by Crippen LogP contribution is -2.67. The summed E-state index contributed by atoms with van der Waals surface area (Å²) >= 11 is 0. The molecule has 17 heteroatoms. The van der Waals surface area contributed by atoms with Gasteiger partial charge in [0.05, 0.1) is 25.9 Å². The smallest absolute Gasteiger partial charge is 0.333 e. The number of carboxylic acids is 1. The van der Waals surface area contributed by atoms with Crippen LogP contribution in [0.15, 0.2) is 0 Å². The van der Waals surface area contributed by atoms with Crippen molar-refractivity contribution in [3.8, 4) is 0 Å². The number of carbonyl (C=O) groups excluding carboxylic acids is 1. The van der Waals surface area contributed by atoms with Crippen molar-refractivity contribution in [3.63, 3.8) is 0 Å². The van der Waals surface area contributed by atoms with Gasteiger partial charge in [-0.05, 0) is 32.1 Å². The molecule has 2 aliphatic heterocycles. The number of rotatable bonds is 25. The van der Waals surface area contributed by atoms with Crippen LogP contribution < -0.4 is 5.32 Å². The number of carboxylic acid groups (broad SMARTS) is 1. The van der Waals surface area contributed by atoms with Gasteiger partial charge in [0, 0.05) is 52.5 Å². The predicted octanol–water partition coefficient (Wildman–Crippen LogP) is -1.73. The highest BCUT2D eigenvalue weighted by Gasteiger charge is 2.52. The molecule has 0 radical (unpaired) electrons. The molecule has 0 aromatic rings. The fraction of sp³-hybridized carbons (Fsp3) is 0.935. The molecule has 2 aliphatic rings. The van der Waals surface area contributed by atoms with Gasteiger partial charge in [0.1, 0.15) is 36.6 Å². The highest BCUT2D eigenvalue weighted by Crippen LogP contribution is 2.32. The van der Waals surface area contributed by atoms with Crippen molar-refractivity contribution in [2.75, 3.05) is 59.5 Å². The monoisotopic (exact) mass is 699 g/mol. The number of unbranched alkanes of at least 4 members (excludes halogenated alkanes) is 4. The number of aliphatic hydroxyl groups excluding tert-OH is 6. The van der Waals surface area contributed by atoms with Gasteiger partial charge >= 0.3 is 5.97 Å². The number of hydrogen-bond acceptors (Lipinski definition) is 15. The van der Waals surface area contributed by atoms with E-state index < -0.39 is 85.8 Å². The topological polar surface area (TPSA) is 252 Å². The van der Waals surface area contributed by atoms with Crippen LogP contribution in [0, 0.1) is 5.92 Å². The van der Waals surface area contributed by atoms with Gasteiger partial charge in [0.15, 0.2) is 18.7 Å². The lowest BCUT2D eigenvalue weighted by Gasteiger charge is -2.47. The summed E-state index contributed by atoms with van der Waals surface area (Å²) in [5.41, 5.74) is 0. The first-order valence-electron chi connectivity index (χ1n) is 16.8. The van der Waals surface area contributed by atoms with Gasteiger partial charge in [-0.3, -0.25) is 4.79 Å². The number of aliphatic carboxylic acids is 1. The van der Waals surface area contributed by atoms with Crippen molar-refractivity contribution in [3.05, 3.63) is 0 Å². The van der Waals surface area contributed by atoms with E-state index in [-0.39, 0.29) is 19.8 Å². The van der Waals surface area contributed by atoms with E-state index in [1.54, 1.807) is 0 Å². The highest BCUT2D eigenvalue weighted by molar-refractivity contribution is 5.73. The fourth-order valence-corrected chi connectivity index (χ4v) is 5.38. The number of ether oxygens (including phenoxy) is 7. The second-order valence-corrected chi connectivity index (χ2v) is 12.1. The molecule has 282 valence electrons. The van der Waals surface area contributed by atoms with Gasteiger partial charge in [0.2, 0.25) is 5.91 Å². The van der Waals surface area contributed by atoms with E-state index in [9.17, 15) is 40.2 Å². The summed E-state index contributed by atoms with van der Waals surface area (Å²) in [4.78, 5) is 23.7. The summed E-state index contributed by atoms with van der Waals surface area (Å²) in [5.74, 6) is -2.96. The zero-order valence-corrected chi connectivity index (χ0v) is 28.0. The van der Waals surface area contributed by atoms with Crippen molar-refractivity contribution in [2.24, 2.45) is 5.92 Å². The van der Waals surface area contributed by atoms with E-state index in [0.717, 1.165) is 45.4 Å². The van der Waals surface area contributed by atoms with Crippen molar-refractivity contribution < 1.29 is 78.5 Å². The Morgan fingerprint density at radius 2 is 1.40 bits per heavy atom. The van der Waals surface area contributed by atoms with E-state index in [0.29, 0.717) is 39.5 Å². The van der Waals surface area contributed by atoms with Gasteiger partial charge in [-0.2, -0.15) is 0 Å². The molecule has 17 nitrogen and oxygen atoms in total. The third-order valence-electron chi connectivity index (χ3n) is 8.07. The molecule has 2 heterocycles. The van der Waals surface area contributed by atoms with Gasteiger partial charge < -0.3 is 74.2 Å². The third-order valence-corrected chi connectivity index (χ3v) is 8.07. The molecule has 0 aromatic carbocycles. The first-order valence-corrected chi connectivity index (χ1v) is 16.8. The van der Waals surface area contributed by atoms with Crippen molar-refractivity contribution in [1.29, 1.82) is 0 Å². The van der Waals surface area contributed by atoms with Crippen molar-refractivity contribution in [1.82, 2.24) is 5.32 Å². The number of amides is 1. The minimum absolute atomic E-state index is 0.0889. The van der Waals surface area contributed by atoms with E-state index in [4.69, 9.17) is 38.3 Å². The standard InChI is InChI=1S/C31H57NO16/c1-19-24(37)28(45-18-21(36)17-44-13-8-7-12-43-15-9-14-42-11-6-4-3-5-10-33)31(47-26(19)29(39)40)48-27-23(32-20(2)35)30(41)46-22(16-34)25(27)38/h19,21-28,30-31,33-34,36-38,41H,3-18H2,1-2H3,(H,32,35)(H,39,40)/t19-,21?,22?,23?,24-,25+,26?,27+,28?,30+,31-/m0/s1. The number of nitrogens with one attached hydrogen (secondary N) is 1. The Morgan fingerprint density at radius 3 is 2.00 bits per heavy atom. The summed E-state index contributed by atoms with van der Waals surface area (Å²) < 4.78 is 39.1. The van der Waals surface area contributed by atoms with E-state index in [2.05, 4.69) is 5.32 Å². The Balaban J connectivity index is 1.78. The van der Waals surface area contributed by atoms with Crippen LogP contribution >= 0.6 is 0 Å². The predicted molar refractivity (Wildman–Crippen MR) is 166 cm³/mol. The Hall–Kier alpha value is -1.58. The molecule has 11 atom stereocenters. The molecular weight excluding hydrogens is 642 g/mol. The van der Waals surface area contributed by atoms with Crippen LogP contribution in [0.3, 0.4) is 0 Å². The maximum Gasteiger partial charge on any atom is 0.333 e. The lowest BCUT2D eigenvalue weighted by atomic mass is 9.90. The zero-order valence-electron chi connectivity index (χ0n) is 28.0. The van der Waals surface area contributed by atoms with Crippen LogP contribution in [-0.4, -0.2) is 168 Å². The highest BCUT2D eigenvalue weighted by atomic mass is 16.7. The first kappa shape index (κ1) is 42.6. The maximum atomic E-state index is 11.9. The first-order chi connectivity index (χ1) is 23.0. The number of aliphatic hydroxyl groups is 6. The summed E-state index contributed by atoms with van der Waals surface area (Å²) in [7, 11) is 0. The van der Waals surface area contributed by atoms with Crippen LogP contribution in [-0.2, 0) is 42.7 Å². The molecule has 48 heavy (non-hydrogen) atoms. The Kier molecular flexibility index (Phi) is 21.1. The largest absolute Gasteiger partial charge is 0.479 e. The Morgan fingerprint density at radius 1 is 0.792 bits per heavy atom. The molecule has 2 saturated heterocycles. The quantitative estimate of drug-likeness (QED) is 0.0493. The van der Waals surface area contributed by atoms with E-state index in [1.807, 2.05) is 0 Å². The zero-order chi connectivity index (χ0) is 35.5. The average molecular weight is 700 g/mol. The molecule has 8 N–H and O–H groups in total. The van der Waals surface area contributed by atoms with Crippen LogP contribution in [0.2, 0.25) is 0 Å². The molecule has 2 fully saturated rings. The number of carbonyl (C=O) groups is 2. The van der Waals surface area contributed by atoms with Crippen LogP contribution in [0.25, 0.3) is 0 Å².